The highest BCUT2D eigenvalue weighted by Gasteiger charge is 2.23. The number of nitrogens with zero attached hydrogens (tertiary/aromatic N) is 1. The fourth-order valence-corrected chi connectivity index (χ4v) is 2.30. The van der Waals surface area contributed by atoms with Gasteiger partial charge < -0.3 is 14.4 Å². The minimum Gasteiger partial charge on any atom is -0.484 e. The van der Waals surface area contributed by atoms with Gasteiger partial charge in [-0.25, -0.2) is 4.39 Å². The zero-order valence-corrected chi connectivity index (χ0v) is 11.7. The highest BCUT2D eigenvalue weighted by molar-refractivity contribution is 5.77. The lowest BCUT2D eigenvalue weighted by atomic mass is 10.1. The molecule has 2 rings (SSSR count). The monoisotopic (exact) mass is 281 g/mol. The van der Waals surface area contributed by atoms with Crippen LogP contribution in [0.3, 0.4) is 0 Å². The quantitative estimate of drug-likeness (QED) is 0.831. The van der Waals surface area contributed by atoms with Gasteiger partial charge in [0.25, 0.3) is 5.91 Å². The normalized spacial score (nSPS) is 18.9. The van der Waals surface area contributed by atoms with E-state index in [9.17, 15) is 9.18 Å². The number of benzene rings is 1. The summed E-state index contributed by atoms with van der Waals surface area (Å²) in [5.74, 6) is 0.121. The second-order valence-corrected chi connectivity index (χ2v) is 4.80. The maximum Gasteiger partial charge on any atom is 0.260 e. The first-order valence-electron chi connectivity index (χ1n) is 6.96. The molecule has 0 bridgehead atoms. The van der Waals surface area contributed by atoms with Gasteiger partial charge in [-0.2, -0.15) is 0 Å². The number of likely N-dealkylation sites (tertiary alicyclic amines) is 1. The van der Waals surface area contributed by atoms with Crippen molar-refractivity contribution >= 4 is 5.91 Å². The van der Waals surface area contributed by atoms with Crippen LogP contribution in [0, 0.1) is 5.82 Å². The summed E-state index contributed by atoms with van der Waals surface area (Å²) < 4.78 is 23.7. The summed E-state index contributed by atoms with van der Waals surface area (Å²) >= 11 is 0. The Morgan fingerprint density at radius 3 is 2.85 bits per heavy atom. The maximum atomic E-state index is 12.7. The average molecular weight is 281 g/mol. The first-order valence-corrected chi connectivity index (χ1v) is 6.96. The van der Waals surface area contributed by atoms with Crippen LogP contribution < -0.4 is 4.74 Å². The van der Waals surface area contributed by atoms with Crippen LogP contribution in [0.4, 0.5) is 4.39 Å². The lowest BCUT2D eigenvalue weighted by Gasteiger charge is -2.32. The predicted molar refractivity (Wildman–Crippen MR) is 73.1 cm³/mol. The van der Waals surface area contributed by atoms with Crippen molar-refractivity contribution in [2.75, 3.05) is 26.3 Å². The highest BCUT2D eigenvalue weighted by atomic mass is 19.1. The molecule has 5 heteroatoms. The van der Waals surface area contributed by atoms with E-state index >= 15 is 0 Å². The number of rotatable bonds is 5. The number of hydrogen-bond donors (Lipinski definition) is 0. The minimum atomic E-state index is -0.320. The van der Waals surface area contributed by atoms with Crippen molar-refractivity contribution in [2.45, 2.75) is 25.9 Å². The summed E-state index contributed by atoms with van der Waals surface area (Å²) in [7, 11) is 0. The molecule has 20 heavy (non-hydrogen) atoms. The molecular weight excluding hydrogens is 261 g/mol. The van der Waals surface area contributed by atoms with Gasteiger partial charge in [-0.3, -0.25) is 4.79 Å². The summed E-state index contributed by atoms with van der Waals surface area (Å²) in [5, 5.41) is 0. The van der Waals surface area contributed by atoms with Gasteiger partial charge in [-0.1, -0.05) is 0 Å². The molecular formula is C15H20FNO3. The van der Waals surface area contributed by atoms with E-state index in [0.29, 0.717) is 18.9 Å². The summed E-state index contributed by atoms with van der Waals surface area (Å²) in [5.41, 5.74) is 0. The number of halogens is 1. The molecule has 1 amide bonds. The number of carbonyl (C=O) groups is 1. The third-order valence-electron chi connectivity index (χ3n) is 3.31. The van der Waals surface area contributed by atoms with Crippen LogP contribution in [0.25, 0.3) is 0 Å². The van der Waals surface area contributed by atoms with Crippen molar-refractivity contribution in [3.05, 3.63) is 30.1 Å². The largest absolute Gasteiger partial charge is 0.484 e. The summed E-state index contributed by atoms with van der Waals surface area (Å²) in [4.78, 5) is 13.8. The Bertz CT molecular complexity index is 433. The first kappa shape index (κ1) is 14.8. The Morgan fingerprint density at radius 2 is 2.15 bits per heavy atom. The van der Waals surface area contributed by atoms with Gasteiger partial charge in [0, 0.05) is 19.7 Å². The van der Waals surface area contributed by atoms with Crippen LogP contribution in [0.2, 0.25) is 0 Å². The number of ether oxygens (including phenoxy) is 2. The molecule has 0 aromatic heterocycles. The lowest BCUT2D eigenvalue weighted by Crippen LogP contribution is -2.45. The minimum absolute atomic E-state index is 0.0233. The predicted octanol–water partition coefficient (Wildman–Crippen LogP) is 2.23. The first-order chi connectivity index (χ1) is 9.69. The highest BCUT2D eigenvalue weighted by Crippen LogP contribution is 2.15. The maximum absolute atomic E-state index is 12.7. The van der Waals surface area contributed by atoms with E-state index in [-0.39, 0.29) is 24.4 Å². The summed E-state index contributed by atoms with van der Waals surface area (Å²) in [6.45, 7) is 3.97. The van der Waals surface area contributed by atoms with E-state index in [4.69, 9.17) is 9.47 Å². The molecule has 1 aromatic carbocycles. The Balaban J connectivity index is 1.80. The Kier molecular flexibility index (Phi) is 5.35. The van der Waals surface area contributed by atoms with Crippen molar-refractivity contribution in [3.8, 4) is 5.75 Å². The van der Waals surface area contributed by atoms with Crippen molar-refractivity contribution in [1.82, 2.24) is 4.90 Å². The molecule has 1 atom stereocenters. The van der Waals surface area contributed by atoms with Crippen LogP contribution in [-0.4, -0.2) is 43.2 Å². The van der Waals surface area contributed by atoms with Crippen LogP contribution in [0.5, 0.6) is 5.75 Å². The number of hydrogen-bond acceptors (Lipinski definition) is 3. The molecule has 1 heterocycles. The van der Waals surface area contributed by atoms with E-state index in [2.05, 4.69) is 0 Å². The van der Waals surface area contributed by atoms with E-state index < -0.39 is 0 Å². The zero-order valence-electron chi connectivity index (χ0n) is 11.7. The molecule has 1 aliphatic rings. The smallest absolute Gasteiger partial charge is 0.260 e. The van der Waals surface area contributed by atoms with Crippen LogP contribution in [0.15, 0.2) is 24.3 Å². The molecule has 4 nitrogen and oxygen atoms in total. The fourth-order valence-electron chi connectivity index (χ4n) is 2.30. The van der Waals surface area contributed by atoms with E-state index in [0.717, 1.165) is 19.4 Å². The van der Waals surface area contributed by atoms with Gasteiger partial charge in [-0.05, 0) is 44.0 Å². The van der Waals surface area contributed by atoms with E-state index in [1.54, 1.807) is 4.90 Å². The Morgan fingerprint density at radius 1 is 1.40 bits per heavy atom. The number of piperidine rings is 1. The molecule has 0 radical (unpaired) electrons. The molecule has 0 aliphatic carbocycles. The average Bonchev–Trinajstić information content (AvgIpc) is 2.47. The third-order valence-corrected chi connectivity index (χ3v) is 3.31. The number of amides is 1. The van der Waals surface area contributed by atoms with Gasteiger partial charge in [0.05, 0.1) is 6.10 Å². The number of carbonyl (C=O) groups excluding carboxylic acids is 1. The molecule has 0 saturated carbocycles. The van der Waals surface area contributed by atoms with Crippen molar-refractivity contribution < 1.29 is 18.7 Å². The van der Waals surface area contributed by atoms with E-state index in [1.165, 1.54) is 24.3 Å². The molecule has 0 spiro atoms. The molecule has 1 saturated heterocycles. The van der Waals surface area contributed by atoms with E-state index in [1.807, 2.05) is 6.92 Å². The van der Waals surface area contributed by atoms with Crippen molar-refractivity contribution in [2.24, 2.45) is 0 Å². The van der Waals surface area contributed by atoms with Gasteiger partial charge in [-0.15, -0.1) is 0 Å². The molecule has 1 unspecified atom stereocenters. The lowest BCUT2D eigenvalue weighted by molar-refractivity contribution is -0.137. The zero-order chi connectivity index (χ0) is 14.4. The van der Waals surface area contributed by atoms with Crippen molar-refractivity contribution in [1.29, 1.82) is 0 Å². The van der Waals surface area contributed by atoms with Crippen LogP contribution >= 0.6 is 0 Å². The van der Waals surface area contributed by atoms with Gasteiger partial charge in [0.1, 0.15) is 11.6 Å². The Labute approximate surface area is 118 Å². The summed E-state index contributed by atoms with van der Waals surface area (Å²) in [6.07, 6.45) is 2.08. The van der Waals surface area contributed by atoms with Crippen LogP contribution in [-0.2, 0) is 9.53 Å². The van der Waals surface area contributed by atoms with Crippen LogP contribution in [0.1, 0.15) is 19.8 Å². The standard InChI is InChI=1S/C15H20FNO3/c1-2-19-14-4-3-9-17(10-14)15(18)11-20-13-7-5-12(16)6-8-13/h5-8,14H,2-4,9-11H2,1H3. The molecule has 1 fully saturated rings. The Hall–Kier alpha value is -1.62. The van der Waals surface area contributed by atoms with Gasteiger partial charge in [0.2, 0.25) is 0 Å². The molecule has 0 N–H and O–H groups in total. The topological polar surface area (TPSA) is 38.8 Å². The molecule has 1 aliphatic heterocycles. The second kappa shape index (κ2) is 7.24. The third kappa shape index (κ3) is 4.20. The second-order valence-electron chi connectivity index (χ2n) is 4.80. The fraction of sp³-hybridized carbons (Fsp3) is 0.533. The molecule has 1 aromatic rings. The van der Waals surface area contributed by atoms with Gasteiger partial charge >= 0.3 is 0 Å². The van der Waals surface area contributed by atoms with Crippen molar-refractivity contribution in [3.63, 3.8) is 0 Å². The van der Waals surface area contributed by atoms with Gasteiger partial charge in [0.15, 0.2) is 6.61 Å². The molecule has 110 valence electrons. The summed E-state index contributed by atoms with van der Waals surface area (Å²) in [6, 6.07) is 5.65. The SMILES string of the molecule is CCOC1CCCN(C(=O)COc2ccc(F)cc2)C1.